The van der Waals surface area contributed by atoms with E-state index in [2.05, 4.69) is 61.2 Å². The van der Waals surface area contributed by atoms with E-state index in [-0.39, 0.29) is 47.3 Å². The SMILES string of the molecule is CN=C1NC[C@H]2O[C@@H](n3cnc4c(=O)[nH]c(N)nc43)[C@@H](O)C2NC(=NC)NC[C@H]2O[C@@H](n3cnc4c(=O)[nH]c(N)nc43)[C@@H](O)C2N1. The highest BCUT2D eigenvalue weighted by Crippen LogP contribution is 2.33. The van der Waals surface area contributed by atoms with E-state index >= 15 is 0 Å². The lowest BCUT2D eigenvalue weighted by atomic mass is 10.1. The van der Waals surface area contributed by atoms with Gasteiger partial charge in [-0.05, 0) is 0 Å². The summed E-state index contributed by atoms with van der Waals surface area (Å²) in [4.78, 5) is 54.7. The fraction of sp³-hybridized carbons (Fsp3) is 0.500. The van der Waals surface area contributed by atoms with Crippen molar-refractivity contribution in [2.24, 2.45) is 9.98 Å². The second-order valence-electron chi connectivity index (χ2n) is 10.9. The maximum absolute atomic E-state index is 12.3. The molecule has 3 fully saturated rings. The number of H-pyrrole nitrogens is 2. The number of nitrogens with zero attached hydrogens (tertiary/aromatic N) is 8. The highest BCUT2D eigenvalue weighted by molar-refractivity contribution is 5.81. The predicted octanol–water partition coefficient (Wildman–Crippen LogP) is -4.99. The Morgan fingerprint density at radius 3 is 1.59 bits per heavy atom. The topological polar surface area (TPSA) is 311 Å². The van der Waals surface area contributed by atoms with Gasteiger partial charge in [0.05, 0.1) is 24.7 Å². The van der Waals surface area contributed by atoms with Crippen molar-refractivity contribution in [3.8, 4) is 0 Å². The first-order valence-corrected chi connectivity index (χ1v) is 14.2. The molecule has 3 aliphatic rings. The average Bonchev–Trinajstić information content (AvgIpc) is 3.77. The van der Waals surface area contributed by atoms with E-state index in [0.717, 1.165) is 0 Å². The van der Waals surface area contributed by atoms with Crippen LogP contribution in [0.4, 0.5) is 11.9 Å². The Balaban J connectivity index is 1.17. The van der Waals surface area contributed by atoms with E-state index in [4.69, 9.17) is 20.9 Å². The summed E-state index contributed by atoms with van der Waals surface area (Å²) >= 11 is 0. The number of fused-ring (bicyclic) bond motifs is 4. The van der Waals surface area contributed by atoms with Crippen LogP contribution >= 0.6 is 0 Å². The molecule has 8 atom stereocenters. The average molecular weight is 641 g/mol. The maximum atomic E-state index is 12.3. The molecule has 0 spiro atoms. The Kier molecular flexibility index (Phi) is 7.18. The number of aromatic nitrogens is 8. The Morgan fingerprint density at radius 1 is 0.783 bits per heavy atom. The van der Waals surface area contributed by atoms with E-state index in [1.165, 1.54) is 21.8 Å². The van der Waals surface area contributed by atoms with Crippen molar-refractivity contribution < 1.29 is 19.7 Å². The van der Waals surface area contributed by atoms with Gasteiger partial charge in [0.1, 0.15) is 24.4 Å². The molecule has 0 aliphatic carbocycles. The number of aliphatic imine (C=N–C) groups is 2. The quantitative estimate of drug-likeness (QED) is 0.0980. The van der Waals surface area contributed by atoms with Crippen LogP contribution in [0.25, 0.3) is 22.3 Å². The van der Waals surface area contributed by atoms with Gasteiger partial charge >= 0.3 is 0 Å². The number of aliphatic hydroxyl groups excluding tert-OH is 2. The minimum Gasteiger partial charge on any atom is -0.386 e. The molecule has 2 unspecified atom stereocenters. The largest absolute Gasteiger partial charge is 0.386 e. The molecule has 7 rings (SSSR count). The molecule has 46 heavy (non-hydrogen) atoms. The van der Waals surface area contributed by atoms with Crippen LogP contribution in [0, 0.1) is 0 Å². The normalized spacial score (nSPS) is 31.8. The molecule has 244 valence electrons. The van der Waals surface area contributed by atoms with Crippen molar-refractivity contribution in [2.75, 3.05) is 38.7 Å². The number of aliphatic hydroxyl groups is 2. The van der Waals surface area contributed by atoms with Crippen LogP contribution in [-0.2, 0) is 9.47 Å². The summed E-state index contributed by atoms with van der Waals surface area (Å²) in [6.45, 7) is 0.279. The van der Waals surface area contributed by atoms with E-state index in [1.807, 2.05) is 0 Å². The number of rotatable bonds is 2. The van der Waals surface area contributed by atoms with Crippen molar-refractivity contribution in [3.05, 3.63) is 33.4 Å². The van der Waals surface area contributed by atoms with Crippen LogP contribution in [0.1, 0.15) is 12.5 Å². The number of hydrogen-bond acceptors (Lipinski definition) is 14. The molecule has 4 aromatic heterocycles. The summed E-state index contributed by atoms with van der Waals surface area (Å²) in [5.74, 6) is 0.411. The zero-order valence-corrected chi connectivity index (χ0v) is 24.4. The van der Waals surface area contributed by atoms with Crippen molar-refractivity contribution in [2.45, 2.75) is 49.0 Å². The Labute approximate surface area is 257 Å². The molecule has 4 aromatic rings. The molecule has 7 heterocycles. The molecule has 0 aromatic carbocycles. The van der Waals surface area contributed by atoms with Gasteiger partial charge in [-0.3, -0.25) is 38.7 Å². The van der Waals surface area contributed by atoms with Gasteiger partial charge in [-0.25, -0.2) is 9.97 Å². The Bertz CT molecular complexity index is 1820. The number of nitrogen functional groups attached to an aromatic ring is 2. The molecule has 12 N–H and O–H groups in total. The number of nitrogens with two attached hydrogens (primary N) is 2. The van der Waals surface area contributed by atoms with Crippen LogP contribution in [0.3, 0.4) is 0 Å². The Morgan fingerprint density at radius 2 is 1.20 bits per heavy atom. The smallest absolute Gasteiger partial charge is 0.280 e. The second-order valence-corrected chi connectivity index (χ2v) is 10.9. The summed E-state index contributed by atoms with van der Waals surface area (Å²) in [6.07, 6.45) is -2.95. The fourth-order valence-electron chi connectivity index (χ4n) is 6.01. The number of ether oxygens (including phenoxy) is 2. The van der Waals surface area contributed by atoms with Gasteiger partial charge in [0.25, 0.3) is 11.1 Å². The lowest BCUT2D eigenvalue weighted by Gasteiger charge is -2.29. The third-order valence-electron chi connectivity index (χ3n) is 8.19. The van der Waals surface area contributed by atoms with Gasteiger partial charge in [0.15, 0.2) is 46.7 Å². The summed E-state index contributed by atoms with van der Waals surface area (Å²) in [7, 11) is 3.12. The lowest BCUT2D eigenvalue weighted by molar-refractivity contribution is -0.0332. The zero-order chi connectivity index (χ0) is 32.3. The molecule has 0 bridgehead atoms. The molecule has 0 amide bonds. The van der Waals surface area contributed by atoms with Crippen LogP contribution in [0.2, 0.25) is 0 Å². The molecule has 0 radical (unpaired) electrons. The second kappa shape index (κ2) is 11.2. The molecular formula is C24H32N16O6. The first kappa shape index (κ1) is 29.4. The molecule has 3 saturated heterocycles. The maximum Gasteiger partial charge on any atom is 0.280 e. The van der Waals surface area contributed by atoms with E-state index in [1.54, 1.807) is 14.1 Å². The monoisotopic (exact) mass is 640 g/mol. The number of imidazole rings is 2. The third-order valence-corrected chi connectivity index (χ3v) is 8.19. The van der Waals surface area contributed by atoms with E-state index < -0.39 is 60.1 Å². The molecule has 3 aliphatic heterocycles. The number of aromatic amines is 2. The molecular weight excluding hydrogens is 608 g/mol. The van der Waals surface area contributed by atoms with Gasteiger partial charge in [0, 0.05) is 27.2 Å². The predicted molar refractivity (Wildman–Crippen MR) is 162 cm³/mol. The highest BCUT2D eigenvalue weighted by atomic mass is 16.5. The number of nitrogens with one attached hydrogen (secondary N) is 6. The Hall–Kier alpha value is -5.32. The van der Waals surface area contributed by atoms with Gasteiger partial charge in [-0.2, -0.15) is 9.97 Å². The van der Waals surface area contributed by atoms with Gasteiger partial charge in [-0.15, -0.1) is 0 Å². The minimum atomic E-state index is -1.16. The zero-order valence-electron chi connectivity index (χ0n) is 24.4. The van der Waals surface area contributed by atoms with E-state index in [0.29, 0.717) is 11.9 Å². The summed E-state index contributed by atoms with van der Waals surface area (Å²) in [6, 6.07) is -1.44. The third kappa shape index (κ3) is 4.83. The first-order valence-electron chi connectivity index (χ1n) is 14.2. The summed E-state index contributed by atoms with van der Waals surface area (Å²) < 4.78 is 15.5. The lowest BCUT2D eigenvalue weighted by Crippen LogP contribution is -2.59. The van der Waals surface area contributed by atoms with Crippen molar-refractivity contribution >= 4 is 46.1 Å². The summed E-state index contributed by atoms with van der Waals surface area (Å²) in [5, 5.41) is 35.8. The van der Waals surface area contributed by atoms with Crippen LogP contribution in [0.15, 0.2) is 32.2 Å². The van der Waals surface area contributed by atoms with E-state index in [9.17, 15) is 19.8 Å². The number of guanidine groups is 2. The van der Waals surface area contributed by atoms with Crippen molar-refractivity contribution in [3.63, 3.8) is 0 Å². The molecule has 0 saturated carbocycles. The molecule has 22 heteroatoms. The highest BCUT2D eigenvalue weighted by Gasteiger charge is 2.48. The van der Waals surface area contributed by atoms with Crippen molar-refractivity contribution in [1.82, 2.24) is 60.3 Å². The minimum absolute atomic E-state index is 0.0437. The number of anilines is 2. The van der Waals surface area contributed by atoms with Crippen LogP contribution in [-0.4, -0.2) is 125 Å². The molecule has 22 nitrogen and oxygen atoms in total. The van der Waals surface area contributed by atoms with Gasteiger partial charge < -0.3 is 52.4 Å². The standard InChI is InChI=1S/C24H32N16O6/c1-27-23-29-3-7-10(14(42)20(45-7)40-6-32-12-16(40)36-22(26)38-18(12)44)34-24(28-2)30-4-8-9(33-23)13(41)19(46-8)39-5-31-11-15(39)35-21(25)37-17(11)43/h5-10,13-14,19-20,41-42H,3-4H2,1-2H3,(H2,27,29,33)(H2,28,30,34)(H3,25,35,37,43)(H3,26,36,38,44)/t7-,8-,9?,10?,13+,14+,19-,20-/m1/s1. The van der Waals surface area contributed by atoms with Gasteiger partial charge in [-0.1, -0.05) is 0 Å². The van der Waals surface area contributed by atoms with Crippen molar-refractivity contribution in [1.29, 1.82) is 0 Å². The van der Waals surface area contributed by atoms with Gasteiger partial charge in [0.2, 0.25) is 11.9 Å². The first-order chi connectivity index (χ1) is 22.2. The fourth-order valence-corrected chi connectivity index (χ4v) is 6.01. The van der Waals surface area contributed by atoms with Crippen LogP contribution < -0.4 is 43.9 Å². The van der Waals surface area contributed by atoms with Crippen LogP contribution in [0.5, 0.6) is 0 Å². The number of hydrogen-bond donors (Lipinski definition) is 10. The summed E-state index contributed by atoms with van der Waals surface area (Å²) in [5.41, 5.74) is 10.9.